The predicted molar refractivity (Wildman–Crippen MR) is 119 cm³/mol. The van der Waals surface area contributed by atoms with Crippen LogP contribution in [0, 0.1) is 17.5 Å². The lowest BCUT2D eigenvalue weighted by Gasteiger charge is -2.17. The summed E-state index contributed by atoms with van der Waals surface area (Å²) < 4.78 is 85.4. The minimum absolute atomic E-state index is 0.0564. The van der Waals surface area contributed by atoms with E-state index in [2.05, 4.69) is 15.5 Å². The van der Waals surface area contributed by atoms with Crippen molar-refractivity contribution in [2.24, 2.45) is 0 Å². The van der Waals surface area contributed by atoms with E-state index in [1.807, 2.05) is 0 Å². The average molecular weight is 512 g/mol. The topological polar surface area (TPSA) is 114 Å². The van der Waals surface area contributed by atoms with Crippen LogP contribution in [0.1, 0.15) is 28.5 Å². The molecule has 0 bridgehead atoms. The Labute approximate surface area is 198 Å². The SMILES string of the molecule is CCOc1cccc(F)c1Oc1nnc(C(F)(F)F)c(C)c1C(=O)Nc1cccc(S(C)(=N)=O)c1. The van der Waals surface area contributed by atoms with Crippen molar-refractivity contribution in [2.75, 3.05) is 18.2 Å². The first-order valence-corrected chi connectivity index (χ1v) is 12.0. The molecule has 2 aromatic carbocycles. The normalized spacial score (nSPS) is 13.1. The molecule has 0 aliphatic rings. The smallest absolute Gasteiger partial charge is 0.435 e. The van der Waals surface area contributed by atoms with Crippen molar-refractivity contribution in [2.45, 2.75) is 24.9 Å². The molecule has 0 radical (unpaired) electrons. The van der Waals surface area contributed by atoms with Gasteiger partial charge in [-0.2, -0.15) is 13.2 Å². The predicted octanol–water partition coefficient (Wildman–Crippen LogP) is 5.42. The van der Waals surface area contributed by atoms with Crippen LogP contribution in [-0.2, 0) is 15.9 Å². The highest BCUT2D eigenvalue weighted by Crippen LogP contribution is 2.38. The fourth-order valence-electron chi connectivity index (χ4n) is 3.07. The van der Waals surface area contributed by atoms with Crippen molar-refractivity contribution in [3.63, 3.8) is 0 Å². The second kappa shape index (κ2) is 9.86. The number of nitrogens with one attached hydrogen (secondary N) is 2. The summed E-state index contributed by atoms with van der Waals surface area (Å²) in [6, 6.07) is 9.24. The van der Waals surface area contributed by atoms with Gasteiger partial charge in [-0.15, -0.1) is 10.2 Å². The number of anilines is 1. The Balaban J connectivity index is 2.11. The molecule has 3 aromatic rings. The Bertz CT molecular complexity index is 1380. The van der Waals surface area contributed by atoms with Crippen LogP contribution in [0.5, 0.6) is 17.4 Å². The number of benzene rings is 2. The highest BCUT2D eigenvalue weighted by molar-refractivity contribution is 7.91. The number of nitrogens with zero attached hydrogens (tertiary/aromatic N) is 2. The molecule has 1 unspecified atom stereocenters. The molecule has 13 heteroatoms. The van der Waals surface area contributed by atoms with Gasteiger partial charge in [0.15, 0.2) is 17.3 Å². The zero-order valence-corrected chi connectivity index (χ0v) is 19.5. The van der Waals surface area contributed by atoms with Crippen LogP contribution in [0.25, 0.3) is 0 Å². The first-order valence-electron chi connectivity index (χ1n) is 10.0. The third-order valence-corrected chi connectivity index (χ3v) is 5.81. The van der Waals surface area contributed by atoms with Crippen LogP contribution in [-0.4, -0.2) is 33.2 Å². The lowest BCUT2D eigenvalue weighted by molar-refractivity contribution is -0.142. The number of hydrogen-bond acceptors (Lipinski definition) is 7. The van der Waals surface area contributed by atoms with E-state index in [0.29, 0.717) is 0 Å². The van der Waals surface area contributed by atoms with Gasteiger partial charge >= 0.3 is 6.18 Å². The van der Waals surface area contributed by atoms with Crippen molar-refractivity contribution < 1.29 is 36.0 Å². The minimum atomic E-state index is -4.93. The first-order chi connectivity index (χ1) is 16.3. The second-order valence-electron chi connectivity index (χ2n) is 7.28. The summed E-state index contributed by atoms with van der Waals surface area (Å²) in [5, 5.41) is 8.94. The van der Waals surface area contributed by atoms with E-state index in [-0.39, 0.29) is 22.9 Å². The Kier molecular flexibility index (Phi) is 7.29. The first kappa shape index (κ1) is 25.9. The number of carbonyl (C=O) groups is 1. The van der Waals surface area contributed by atoms with Crippen LogP contribution in [0.2, 0.25) is 0 Å². The standard InChI is InChI=1S/C22H20F4N4O4S/c1-4-33-16-10-6-9-15(23)18(16)34-21-17(12(2)19(29-30-21)22(24,25)26)20(31)28-13-7-5-8-14(11-13)35(3,27)32/h5-11,27H,4H2,1-3H3,(H,28,31). The molecule has 0 aliphatic heterocycles. The van der Waals surface area contributed by atoms with Gasteiger partial charge in [-0.3, -0.25) is 4.79 Å². The summed E-state index contributed by atoms with van der Waals surface area (Å²) in [4.78, 5) is 13.2. The van der Waals surface area contributed by atoms with Gasteiger partial charge in [0.25, 0.3) is 11.8 Å². The van der Waals surface area contributed by atoms with E-state index in [1.165, 1.54) is 42.7 Å². The monoisotopic (exact) mass is 512 g/mol. The van der Waals surface area contributed by atoms with Gasteiger partial charge < -0.3 is 14.8 Å². The summed E-state index contributed by atoms with van der Waals surface area (Å²) in [6.45, 7) is 2.77. The lowest BCUT2D eigenvalue weighted by Crippen LogP contribution is -2.21. The van der Waals surface area contributed by atoms with Gasteiger partial charge in [0, 0.05) is 16.8 Å². The number of carbonyl (C=O) groups excluding carboxylic acids is 1. The molecule has 0 saturated heterocycles. The third-order valence-electron chi connectivity index (χ3n) is 4.65. The molecule has 35 heavy (non-hydrogen) atoms. The van der Waals surface area contributed by atoms with Crippen molar-refractivity contribution in [1.29, 1.82) is 4.78 Å². The maximum absolute atomic E-state index is 14.5. The van der Waals surface area contributed by atoms with E-state index in [9.17, 15) is 26.6 Å². The quantitative estimate of drug-likeness (QED) is 0.409. The van der Waals surface area contributed by atoms with Crippen LogP contribution in [0.4, 0.5) is 23.2 Å². The maximum atomic E-state index is 14.5. The summed E-state index contributed by atoms with van der Waals surface area (Å²) in [7, 11) is -3.13. The third kappa shape index (κ3) is 5.85. The van der Waals surface area contributed by atoms with Crippen molar-refractivity contribution in [3.05, 3.63) is 65.1 Å². The van der Waals surface area contributed by atoms with E-state index in [1.54, 1.807) is 6.92 Å². The molecule has 8 nitrogen and oxygen atoms in total. The van der Waals surface area contributed by atoms with Crippen molar-refractivity contribution in [1.82, 2.24) is 10.2 Å². The van der Waals surface area contributed by atoms with Gasteiger partial charge in [0.1, 0.15) is 5.56 Å². The number of amides is 1. The number of halogens is 4. The molecule has 1 heterocycles. The molecule has 186 valence electrons. The molecule has 0 saturated carbocycles. The van der Waals surface area contributed by atoms with E-state index in [4.69, 9.17) is 14.3 Å². The summed E-state index contributed by atoms with van der Waals surface area (Å²) in [5.74, 6) is -3.20. The Morgan fingerprint density at radius 3 is 2.49 bits per heavy atom. The zero-order chi connectivity index (χ0) is 26.0. The van der Waals surface area contributed by atoms with Gasteiger partial charge in [0.05, 0.1) is 16.3 Å². The van der Waals surface area contributed by atoms with Gasteiger partial charge in [-0.05, 0) is 49.7 Å². The fourth-order valence-corrected chi connectivity index (χ4v) is 3.76. The number of aromatic nitrogens is 2. The van der Waals surface area contributed by atoms with Crippen LogP contribution < -0.4 is 14.8 Å². The Morgan fingerprint density at radius 1 is 1.17 bits per heavy atom. The summed E-state index contributed by atoms with van der Waals surface area (Å²) >= 11 is 0. The number of rotatable bonds is 7. The van der Waals surface area contributed by atoms with Crippen molar-refractivity contribution in [3.8, 4) is 17.4 Å². The van der Waals surface area contributed by atoms with Crippen LogP contribution in [0.3, 0.4) is 0 Å². The molecule has 3 rings (SSSR count). The van der Waals surface area contributed by atoms with E-state index in [0.717, 1.165) is 13.0 Å². The molecule has 1 aromatic heterocycles. The van der Waals surface area contributed by atoms with Gasteiger partial charge in [0.2, 0.25) is 5.75 Å². The van der Waals surface area contributed by atoms with E-state index < -0.39 is 56.1 Å². The molecule has 1 amide bonds. The fraction of sp³-hybridized carbons (Fsp3) is 0.227. The van der Waals surface area contributed by atoms with E-state index >= 15 is 0 Å². The summed E-state index contributed by atoms with van der Waals surface area (Å²) in [5.41, 5.74) is -2.62. The van der Waals surface area contributed by atoms with Crippen LogP contribution >= 0.6 is 0 Å². The average Bonchev–Trinajstić information content (AvgIpc) is 2.75. The molecular formula is C22H20F4N4O4S. The highest BCUT2D eigenvalue weighted by Gasteiger charge is 2.38. The largest absolute Gasteiger partial charge is 0.490 e. The highest BCUT2D eigenvalue weighted by atomic mass is 32.2. The van der Waals surface area contributed by atoms with Crippen molar-refractivity contribution >= 4 is 21.3 Å². The maximum Gasteiger partial charge on any atom is 0.435 e. The Morgan fingerprint density at radius 2 is 1.86 bits per heavy atom. The molecule has 0 spiro atoms. The lowest BCUT2D eigenvalue weighted by atomic mass is 10.1. The zero-order valence-electron chi connectivity index (χ0n) is 18.7. The summed E-state index contributed by atoms with van der Waals surface area (Å²) in [6.07, 6.45) is -3.76. The molecule has 0 aliphatic carbocycles. The molecule has 0 fully saturated rings. The van der Waals surface area contributed by atoms with Gasteiger partial charge in [-0.25, -0.2) is 13.4 Å². The number of hydrogen-bond donors (Lipinski definition) is 2. The second-order valence-corrected chi connectivity index (χ2v) is 9.44. The molecule has 2 N–H and O–H groups in total. The minimum Gasteiger partial charge on any atom is -0.490 e. The van der Waals surface area contributed by atoms with Crippen LogP contribution in [0.15, 0.2) is 47.4 Å². The Hall–Kier alpha value is -3.74. The number of para-hydroxylation sites is 1. The number of alkyl halides is 3. The number of ether oxygens (including phenoxy) is 2. The molecular weight excluding hydrogens is 492 g/mol. The van der Waals surface area contributed by atoms with Gasteiger partial charge in [-0.1, -0.05) is 12.1 Å². The molecule has 1 atom stereocenters.